The van der Waals surface area contributed by atoms with Gasteiger partial charge in [0.1, 0.15) is 35.4 Å². The van der Waals surface area contributed by atoms with Crippen molar-refractivity contribution in [2.45, 2.75) is 68.5 Å². The lowest BCUT2D eigenvalue weighted by molar-refractivity contribution is -0.236. The van der Waals surface area contributed by atoms with Gasteiger partial charge in [0.25, 0.3) is 0 Å². The number of phenolic OH excluding ortho intramolecular Hbond substituents is 2. The quantitative estimate of drug-likeness (QED) is 0.264. The van der Waals surface area contributed by atoms with Crippen molar-refractivity contribution < 1.29 is 68.1 Å². The van der Waals surface area contributed by atoms with Crippen molar-refractivity contribution in [3.05, 3.63) is 68.4 Å². The number of nitrogens with one attached hydrogen (secondary N) is 1. The number of ether oxygens (including phenoxy) is 5. The van der Waals surface area contributed by atoms with E-state index in [2.05, 4.69) is 5.32 Å². The van der Waals surface area contributed by atoms with Crippen molar-refractivity contribution >= 4 is 29.1 Å². The van der Waals surface area contributed by atoms with Gasteiger partial charge in [-0.2, -0.15) is 0 Å². The molecule has 1 fully saturated rings. The van der Waals surface area contributed by atoms with Gasteiger partial charge in [0, 0.05) is 50.5 Å². The van der Waals surface area contributed by atoms with Crippen molar-refractivity contribution in [2.75, 3.05) is 28.4 Å². The molecule has 1 saturated heterocycles. The number of Topliss-reactive ketones (excluding diaryl/α,β-unsaturated/α-hetero) is 3. The first-order valence-electron chi connectivity index (χ1n) is 15.3. The summed E-state index contributed by atoms with van der Waals surface area (Å²) < 4.78 is 27.0. The molecule has 0 bridgehead atoms. The molecule has 260 valence electrons. The lowest BCUT2D eigenvalue weighted by Gasteiger charge is -2.48. The molecule has 1 aliphatic heterocycles. The van der Waals surface area contributed by atoms with E-state index in [1.54, 1.807) is 6.92 Å². The Balaban J connectivity index is 1.48. The summed E-state index contributed by atoms with van der Waals surface area (Å²) in [6, 6.07) is 2.49. The van der Waals surface area contributed by atoms with Gasteiger partial charge in [-0.3, -0.25) is 19.2 Å². The van der Waals surface area contributed by atoms with Crippen LogP contribution in [0.4, 0.5) is 0 Å². The number of methoxy groups -OCH3 is 4. The Labute approximate surface area is 279 Å². The van der Waals surface area contributed by atoms with Crippen LogP contribution in [0.25, 0.3) is 0 Å². The lowest BCUT2D eigenvalue weighted by atomic mass is 9.59. The number of aliphatic hydroxyl groups is 2. The number of carbonyl (C=O) groups is 5. The van der Waals surface area contributed by atoms with E-state index < -0.39 is 111 Å². The third kappa shape index (κ3) is 4.68. The number of fused-ring (bicyclic) bond motifs is 5. The highest BCUT2D eigenvalue weighted by Gasteiger charge is 2.63. The lowest BCUT2D eigenvalue weighted by Crippen LogP contribution is -2.63. The summed E-state index contributed by atoms with van der Waals surface area (Å²) in [6.07, 6.45) is -5.87. The highest BCUT2D eigenvalue weighted by Crippen LogP contribution is 2.54. The molecule has 3 aliphatic carbocycles. The van der Waals surface area contributed by atoms with Gasteiger partial charge in [-0.15, -0.1) is 0 Å². The zero-order valence-electron chi connectivity index (χ0n) is 27.4. The molecule has 5 N–H and O–H groups in total. The van der Waals surface area contributed by atoms with Gasteiger partial charge in [-0.25, -0.2) is 4.79 Å². The Morgan fingerprint density at radius 3 is 2.24 bits per heavy atom. The van der Waals surface area contributed by atoms with Gasteiger partial charge in [-0.05, 0) is 31.0 Å². The molecule has 15 heteroatoms. The van der Waals surface area contributed by atoms with Crippen LogP contribution in [-0.2, 0) is 30.1 Å². The number of allylic oxidation sites excluding steroid dienone is 2. The van der Waals surface area contributed by atoms with Crippen molar-refractivity contribution in [1.29, 1.82) is 0 Å². The molecule has 0 spiro atoms. The number of rotatable bonds is 6. The van der Waals surface area contributed by atoms with E-state index in [0.29, 0.717) is 0 Å². The van der Waals surface area contributed by atoms with Gasteiger partial charge in [0.05, 0.1) is 42.1 Å². The second kappa shape index (κ2) is 12.1. The van der Waals surface area contributed by atoms with Crippen LogP contribution < -0.4 is 5.32 Å². The fraction of sp³-hybridized carbons (Fsp3) is 0.441. The maximum Gasteiger partial charge on any atom is 0.341 e. The normalized spacial score (nSPS) is 30.5. The molecule has 0 radical (unpaired) electrons. The van der Waals surface area contributed by atoms with Crippen LogP contribution in [0, 0.1) is 6.92 Å². The van der Waals surface area contributed by atoms with Crippen molar-refractivity contribution in [3.63, 3.8) is 0 Å². The Morgan fingerprint density at radius 1 is 0.959 bits per heavy atom. The van der Waals surface area contributed by atoms with Crippen LogP contribution in [0.15, 0.2) is 23.9 Å². The second-order valence-electron chi connectivity index (χ2n) is 12.4. The average molecular weight is 682 g/mol. The van der Waals surface area contributed by atoms with Crippen molar-refractivity contribution in [3.8, 4) is 11.5 Å². The number of ketones is 4. The zero-order valence-corrected chi connectivity index (χ0v) is 27.4. The molecule has 6 rings (SSSR count). The minimum atomic E-state index is -2.39. The van der Waals surface area contributed by atoms with E-state index in [-0.39, 0.29) is 34.4 Å². The second-order valence-corrected chi connectivity index (χ2v) is 12.4. The fourth-order valence-electron chi connectivity index (χ4n) is 7.74. The topological polar surface area (TPSA) is 224 Å². The molecule has 49 heavy (non-hydrogen) atoms. The number of aliphatic hydroxyl groups excluding tert-OH is 2. The summed E-state index contributed by atoms with van der Waals surface area (Å²) in [5.74, 6) is -8.05. The third-order valence-electron chi connectivity index (χ3n) is 10.0. The highest BCUT2D eigenvalue weighted by atomic mass is 16.6. The number of esters is 1. The maximum atomic E-state index is 14.5. The molecule has 15 nitrogen and oxygen atoms in total. The van der Waals surface area contributed by atoms with Crippen LogP contribution in [-0.4, -0.2) is 120 Å². The van der Waals surface area contributed by atoms with Crippen molar-refractivity contribution in [1.82, 2.24) is 5.32 Å². The van der Waals surface area contributed by atoms with Gasteiger partial charge < -0.3 is 49.4 Å². The smallest absolute Gasteiger partial charge is 0.341 e. The molecular formula is C34H35NO14. The highest BCUT2D eigenvalue weighted by molar-refractivity contribution is 6.30. The Hall–Kier alpha value is -4.51. The van der Waals surface area contributed by atoms with Crippen LogP contribution in [0.1, 0.15) is 81.3 Å². The van der Waals surface area contributed by atoms with E-state index in [0.717, 1.165) is 26.4 Å². The Bertz CT molecular complexity index is 1870. The Kier molecular flexibility index (Phi) is 8.50. The average Bonchev–Trinajstić information content (AvgIpc) is 3.05. The molecule has 0 aromatic heterocycles. The van der Waals surface area contributed by atoms with E-state index in [4.69, 9.17) is 23.7 Å². The largest absolute Gasteiger partial charge is 0.507 e. The Morgan fingerprint density at radius 2 is 1.63 bits per heavy atom. The van der Waals surface area contributed by atoms with Crippen molar-refractivity contribution in [2.24, 2.45) is 0 Å². The van der Waals surface area contributed by atoms with Crippen LogP contribution in [0.2, 0.25) is 0 Å². The third-order valence-corrected chi connectivity index (χ3v) is 10.0. The number of benzene rings is 2. The number of aromatic hydroxyl groups is 2. The first-order chi connectivity index (χ1) is 23.2. The summed E-state index contributed by atoms with van der Waals surface area (Å²) in [5.41, 5.74) is -4.69. The standard InChI is InChI=1S/C34H35NO14/c1-11-7-13-8-18(37)34(48-6)23(20(13)26(40)19(11)33(44)47-5)25(39)15-9-14-21(27(41)22(15)31(34)43)17(36)10-16(24(14)38)35-32-30(46-4)28(42)29(45-3)12(2)49-32/h7,9-10,12,18,23,28-30,32,35,37,40-42H,8H2,1-6H3/t12-,18?,23?,28+,29-,30+,32-,34-/m0/s1. The summed E-state index contributed by atoms with van der Waals surface area (Å²) in [7, 11) is 4.88. The molecule has 0 amide bonds. The molecule has 0 saturated carbocycles. The number of hydrogen-bond acceptors (Lipinski definition) is 15. The van der Waals surface area contributed by atoms with Gasteiger partial charge >= 0.3 is 5.97 Å². The van der Waals surface area contributed by atoms with E-state index in [9.17, 15) is 44.4 Å². The van der Waals surface area contributed by atoms with Gasteiger partial charge in [-0.1, -0.05) is 6.07 Å². The monoisotopic (exact) mass is 681 g/mol. The predicted octanol–water partition coefficient (Wildman–Crippen LogP) is 0.646. The van der Waals surface area contributed by atoms with Gasteiger partial charge in [0.2, 0.25) is 11.6 Å². The maximum absolute atomic E-state index is 14.5. The number of carbonyl (C=O) groups excluding carboxylic acids is 5. The van der Waals surface area contributed by atoms with Crippen LogP contribution in [0.5, 0.6) is 11.5 Å². The predicted molar refractivity (Wildman–Crippen MR) is 165 cm³/mol. The van der Waals surface area contributed by atoms with Gasteiger partial charge in [0.15, 0.2) is 23.4 Å². The summed E-state index contributed by atoms with van der Waals surface area (Å²) in [6.45, 7) is 3.16. The van der Waals surface area contributed by atoms with E-state index in [1.807, 2.05) is 0 Å². The number of hydrogen-bond donors (Lipinski definition) is 5. The van der Waals surface area contributed by atoms with Crippen LogP contribution >= 0.6 is 0 Å². The molecule has 2 aromatic carbocycles. The molecule has 2 unspecified atom stereocenters. The first-order valence-corrected chi connectivity index (χ1v) is 15.3. The summed E-state index contributed by atoms with van der Waals surface area (Å²) >= 11 is 0. The SMILES string of the molecule is COC(=O)c1c(C)cc2c(c1O)C1C(=O)c3cc4c(c(O)c3C(=O)[C@]1(OC)C(O)C2)C(=O)C=C(N[C@H]1O[C@@H](C)[C@H](OC)[C@@H](O)[C@H]1OC)C4=O. The minimum Gasteiger partial charge on any atom is -0.507 e. The number of aryl methyl sites for hydroxylation is 1. The molecule has 1 heterocycles. The molecule has 2 aromatic rings. The summed E-state index contributed by atoms with van der Waals surface area (Å²) in [4.78, 5) is 68.9. The minimum absolute atomic E-state index is 0.161. The molecule has 8 atom stereocenters. The van der Waals surface area contributed by atoms with E-state index >= 15 is 0 Å². The van der Waals surface area contributed by atoms with E-state index in [1.165, 1.54) is 27.2 Å². The summed E-state index contributed by atoms with van der Waals surface area (Å²) in [5, 5.41) is 47.9. The first kappa shape index (κ1) is 34.4. The fourth-order valence-corrected chi connectivity index (χ4v) is 7.74. The molecular weight excluding hydrogens is 646 g/mol. The van der Waals surface area contributed by atoms with Crippen LogP contribution in [0.3, 0.4) is 0 Å². The number of phenols is 2. The zero-order chi connectivity index (χ0) is 35.9. The molecule has 4 aliphatic rings.